The number of aldehydes is 1. The van der Waals surface area contributed by atoms with E-state index in [4.69, 9.17) is 11.6 Å². The molecule has 0 bridgehead atoms. The largest absolute Gasteiger partial charge is 0.298 e. The van der Waals surface area contributed by atoms with Gasteiger partial charge in [-0.15, -0.1) is 0 Å². The summed E-state index contributed by atoms with van der Waals surface area (Å²) in [7, 11) is 0. The molecule has 2 aromatic rings. The lowest BCUT2D eigenvalue weighted by Crippen LogP contribution is -1.91. The van der Waals surface area contributed by atoms with Gasteiger partial charge in [0.15, 0.2) is 6.29 Å². The van der Waals surface area contributed by atoms with Gasteiger partial charge in [-0.1, -0.05) is 41.4 Å². The Morgan fingerprint density at radius 1 is 1.00 bits per heavy atom. The summed E-state index contributed by atoms with van der Waals surface area (Å²) >= 11 is 5.94. The number of halogens is 1. The Balaban J connectivity index is 2.66. The monoisotopic (exact) mass is 244 g/mol. The normalized spacial score (nSPS) is 10.3. The van der Waals surface area contributed by atoms with Crippen LogP contribution in [-0.2, 0) is 0 Å². The molecular formula is C15H13ClO. The minimum atomic E-state index is 0.709. The van der Waals surface area contributed by atoms with Crippen molar-refractivity contribution in [1.82, 2.24) is 0 Å². The van der Waals surface area contributed by atoms with Gasteiger partial charge in [-0.2, -0.15) is 0 Å². The van der Waals surface area contributed by atoms with Crippen LogP contribution in [0.2, 0.25) is 5.02 Å². The van der Waals surface area contributed by atoms with E-state index in [1.807, 2.05) is 50.2 Å². The molecule has 17 heavy (non-hydrogen) atoms. The number of aryl methyl sites for hydroxylation is 2. The molecule has 0 radical (unpaired) electrons. The van der Waals surface area contributed by atoms with Crippen LogP contribution in [0.3, 0.4) is 0 Å². The summed E-state index contributed by atoms with van der Waals surface area (Å²) in [6.07, 6.45) is 0.892. The van der Waals surface area contributed by atoms with E-state index in [0.29, 0.717) is 10.6 Å². The summed E-state index contributed by atoms with van der Waals surface area (Å²) in [6, 6.07) is 11.5. The number of hydrogen-bond donors (Lipinski definition) is 0. The third kappa shape index (κ3) is 2.40. The third-order valence-corrected chi connectivity index (χ3v) is 3.05. The van der Waals surface area contributed by atoms with E-state index >= 15 is 0 Å². The molecule has 0 aliphatic rings. The Morgan fingerprint density at radius 2 is 1.76 bits per heavy atom. The molecule has 0 aliphatic carbocycles. The average Bonchev–Trinajstić information content (AvgIpc) is 2.29. The Hall–Kier alpha value is -1.60. The van der Waals surface area contributed by atoms with Crippen molar-refractivity contribution in [2.45, 2.75) is 13.8 Å². The Bertz CT molecular complexity index is 573. The molecule has 86 valence electrons. The highest BCUT2D eigenvalue weighted by Gasteiger charge is 2.07. The molecule has 0 saturated heterocycles. The first kappa shape index (κ1) is 11.9. The maximum Gasteiger partial charge on any atom is 0.150 e. The van der Waals surface area contributed by atoms with Crippen LogP contribution < -0.4 is 0 Å². The number of carbonyl (C=O) groups is 1. The van der Waals surface area contributed by atoms with E-state index in [1.165, 1.54) is 0 Å². The van der Waals surface area contributed by atoms with Crippen LogP contribution in [0.25, 0.3) is 11.1 Å². The Morgan fingerprint density at radius 3 is 2.41 bits per heavy atom. The molecule has 0 unspecified atom stereocenters. The van der Waals surface area contributed by atoms with E-state index in [2.05, 4.69) is 0 Å². The van der Waals surface area contributed by atoms with Crippen molar-refractivity contribution in [2.24, 2.45) is 0 Å². The van der Waals surface area contributed by atoms with Crippen molar-refractivity contribution < 1.29 is 4.79 Å². The van der Waals surface area contributed by atoms with Crippen molar-refractivity contribution in [3.8, 4) is 11.1 Å². The van der Waals surface area contributed by atoms with Crippen LogP contribution in [0.1, 0.15) is 21.5 Å². The van der Waals surface area contributed by atoms with Crippen LogP contribution in [0.5, 0.6) is 0 Å². The van der Waals surface area contributed by atoms with Crippen LogP contribution in [-0.4, -0.2) is 6.29 Å². The molecule has 2 rings (SSSR count). The lowest BCUT2D eigenvalue weighted by Gasteiger charge is -2.10. The first-order valence-electron chi connectivity index (χ1n) is 5.44. The van der Waals surface area contributed by atoms with Gasteiger partial charge in [0.05, 0.1) is 0 Å². The second-order valence-corrected chi connectivity index (χ2v) is 4.60. The average molecular weight is 245 g/mol. The molecule has 1 nitrogen and oxygen atoms in total. The van der Waals surface area contributed by atoms with Gasteiger partial charge in [0.2, 0.25) is 0 Å². The maximum atomic E-state index is 11.1. The summed E-state index contributed by atoms with van der Waals surface area (Å²) in [5.74, 6) is 0. The molecule has 0 aromatic heterocycles. The van der Waals surface area contributed by atoms with Crippen molar-refractivity contribution in [3.05, 3.63) is 58.1 Å². The van der Waals surface area contributed by atoms with Crippen LogP contribution in [0, 0.1) is 13.8 Å². The first-order valence-corrected chi connectivity index (χ1v) is 5.82. The predicted molar refractivity (Wildman–Crippen MR) is 71.7 cm³/mol. The molecule has 0 atom stereocenters. The van der Waals surface area contributed by atoms with Crippen LogP contribution in [0.4, 0.5) is 0 Å². The predicted octanol–water partition coefficient (Wildman–Crippen LogP) is 4.44. The highest BCUT2D eigenvalue weighted by atomic mass is 35.5. The van der Waals surface area contributed by atoms with E-state index in [0.717, 1.165) is 28.5 Å². The van der Waals surface area contributed by atoms with E-state index in [-0.39, 0.29) is 0 Å². The van der Waals surface area contributed by atoms with Gasteiger partial charge in [-0.05, 0) is 42.7 Å². The van der Waals surface area contributed by atoms with Gasteiger partial charge in [-0.3, -0.25) is 4.79 Å². The Kier molecular flexibility index (Phi) is 3.30. The van der Waals surface area contributed by atoms with E-state index in [9.17, 15) is 4.79 Å². The van der Waals surface area contributed by atoms with Gasteiger partial charge in [0.1, 0.15) is 0 Å². The smallest absolute Gasteiger partial charge is 0.150 e. The fourth-order valence-corrected chi connectivity index (χ4v) is 2.16. The molecular weight excluding hydrogens is 232 g/mol. The quantitative estimate of drug-likeness (QED) is 0.714. The van der Waals surface area contributed by atoms with Crippen molar-refractivity contribution in [2.75, 3.05) is 0 Å². The second-order valence-electron chi connectivity index (χ2n) is 4.17. The van der Waals surface area contributed by atoms with E-state index in [1.54, 1.807) is 0 Å². The zero-order valence-corrected chi connectivity index (χ0v) is 10.6. The van der Waals surface area contributed by atoms with Gasteiger partial charge in [-0.25, -0.2) is 0 Å². The molecule has 0 spiro atoms. The van der Waals surface area contributed by atoms with Crippen molar-refractivity contribution in [1.29, 1.82) is 0 Å². The molecule has 0 saturated carbocycles. The van der Waals surface area contributed by atoms with Crippen molar-refractivity contribution in [3.63, 3.8) is 0 Å². The number of rotatable bonds is 2. The lowest BCUT2D eigenvalue weighted by molar-refractivity contribution is 0.112. The highest BCUT2D eigenvalue weighted by Crippen LogP contribution is 2.28. The van der Waals surface area contributed by atoms with Crippen LogP contribution >= 0.6 is 11.6 Å². The van der Waals surface area contributed by atoms with E-state index < -0.39 is 0 Å². The number of carbonyl (C=O) groups excluding carboxylic acids is 1. The summed E-state index contributed by atoms with van der Waals surface area (Å²) in [5.41, 5.74) is 4.95. The molecule has 2 aromatic carbocycles. The van der Waals surface area contributed by atoms with Gasteiger partial charge >= 0.3 is 0 Å². The fourth-order valence-electron chi connectivity index (χ4n) is 1.94. The zero-order valence-electron chi connectivity index (χ0n) is 9.83. The van der Waals surface area contributed by atoms with Gasteiger partial charge in [0, 0.05) is 10.6 Å². The maximum absolute atomic E-state index is 11.1. The summed E-state index contributed by atoms with van der Waals surface area (Å²) < 4.78 is 0. The van der Waals surface area contributed by atoms with Crippen molar-refractivity contribution >= 4 is 17.9 Å². The number of benzene rings is 2. The standard InChI is InChI=1S/C15H13ClO/c1-10-3-4-12(9-17)15(7-10)14-6-5-13(16)8-11(14)2/h3-9H,1-2H3. The summed E-state index contributed by atoms with van der Waals surface area (Å²) in [6.45, 7) is 4.02. The topological polar surface area (TPSA) is 17.1 Å². The molecule has 0 heterocycles. The minimum absolute atomic E-state index is 0.709. The molecule has 0 N–H and O–H groups in total. The van der Waals surface area contributed by atoms with Gasteiger partial charge < -0.3 is 0 Å². The van der Waals surface area contributed by atoms with Crippen LogP contribution in [0.15, 0.2) is 36.4 Å². The number of hydrogen-bond acceptors (Lipinski definition) is 1. The molecule has 0 aliphatic heterocycles. The summed E-state index contributed by atoms with van der Waals surface area (Å²) in [5, 5.41) is 0.714. The Labute approximate surface area is 106 Å². The third-order valence-electron chi connectivity index (χ3n) is 2.81. The zero-order chi connectivity index (χ0) is 12.4. The molecule has 2 heteroatoms. The molecule has 0 fully saturated rings. The first-order chi connectivity index (χ1) is 8.11. The fraction of sp³-hybridized carbons (Fsp3) is 0.133. The SMILES string of the molecule is Cc1ccc(C=O)c(-c2ccc(Cl)cc2C)c1. The minimum Gasteiger partial charge on any atom is -0.298 e. The molecule has 0 amide bonds. The second kappa shape index (κ2) is 4.72. The lowest BCUT2D eigenvalue weighted by atomic mass is 9.95. The highest BCUT2D eigenvalue weighted by molar-refractivity contribution is 6.30. The summed E-state index contributed by atoms with van der Waals surface area (Å²) in [4.78, 5) is 11.1. The van der Waals surface area contributed by atoms with Gasteiger partial charge in [0.25, 0.3) is 0 Å².